The number of nitro benzene ring substituents is 1. The Kier molecular flexibility index (Phi) is 5.01. The number of benzene rings is 1. The van der Waals surface area contributed by atoms with Crippen LogP contribution in [0.5, 0.6) is 0 Å². The van der Waals surface area contributed by atoms with Crippen molar-refractivity contribution in [3.05, 3.63) is 39.4 Å². The molecule has 0 unspecified atom stereocenters. The first-order valence-corrected chi connectivity index (χ1v) is 5.92. The quantitative estimate of drug-likeness (QED) is 0.462. The summed E-state index contributed by atoms with van der Waals surface area (Å²) in [5, 5.41) is 19.4. The maximum absolute atomic E-state index is 12.2. The Hall–Kier alpha value is -2.42. The van der Waals surface area contributed by atoms with Crippen molar-refractivity contribution in [3.63, 3.8) is 0 Å². The molecule has 0 radical (unpaired) electrons. The van der Waals surface area contributed by atoms with Crippen LogP contribution in [0, 0.1) is 28.4 Å². The number of aryl methyl sites for hydroxylation is 1. The van der Waals surface area contributed by atoms with Crippen LogP contribution in [-0.4, -0.2) is 28.8 Å². The molecule has 0 heterocycles. The third-order valence-electron chi connectivity index (χ3n) is 2.69. The van der Waals surface area contributed by atoms with E-state index in [4.69, 9.17) is 5.26 Å². The van der Waals surface area contributed by atoms with Gasteiger partial charge in [0.25, 0.3) is 11.6 Å². The molecule has 1 aromatic rings. The lowest BCUT2D eigenvalue weighted by molar-refractivity contribution is -0.384. The molecule has 1 aromatic carbocycles. The zero-order chi connectivity index (χ0) is 14.4. The average molecular weight is 261 g/mol. The van der Waals surface area contributed by atoms with Gasteiger partial charge in [-0.25, -0.2) is 0 Å². The minimum Gasteiger partial charge on any atom is -0.325 e. The lowest BCUT2D eigenvalue weighted by Crippen LogP contribution is -2.32. The zero-order valence-corrected chi connectivity index (χ0v) is 10.9. The van der Waals surface area contributed by atoms with Crippen molar-refractivity contribution in [2.24, 2.45) is 0 Å². The maximum Gasteiger partial charge on any atom is 0.269 e. The maximum atomic E-state index is 12.2. The summed E-state index contributed by atoms with van der Waals surface area (Å²) in [5.41, 5.74) is 0.893. The Bertz CT molecular complexity index is 534. The molecule has 19 heavy (non-hydrogen) atoms. The Morgan fingerprint density at radius 2 is 2.21 bits per heavy atom. The monoisotopic (exact) mass is 261 g/mol. The highest BCUT2D eigenvalue weighted by atomic mass is 16.6. The van der Waals surface area contributed by atoms with Crippen LogP contribution in [0.15, 0.2) is 18.2 Å². The standard InChI is InChI=1S/C13H15N3O3/c1-3-7-15(8-6-14)13(17)12-5-4-11(16(18)19)9-10(12)2/h4-5,9H,3,7-8H2,1-2H3. The van der Waals surface area contributed by atoms with E-state index in [9.17, 15) is 14.9 Å². The highest BCUT2D eigenvalue weighted by Crippen LogP contribution is 2.18. The van der Waals surface area contributed by atoms with E-state index in [-0.39, 0.29) is 18.1 Å². The molecule has 6 heteroatoms. The van der Waals surface area contributed by atoms with Crippen LogP contribution in [0.25, 0.3) is 0 Å². The minimum atomic E-state index is -0.500. The van der Waals surface area contributed by atoms with Gasteiger partial charge in [-0.3, -0.25) is 14.9 Å². The Morgan fingerprint density at radius 1 is 1.53 bits per heavy atom. The smallest absolute Gasteiger partial charge is 0.269 e. The highest BCUT2D eigenvalue weighted by Gasteiger charge is 2.18. The molecular formula is C13H15N3O3. The number of carbonyl (C=O) groups is 1. The molecular weight excluding hydrogens is 246 g/mol. The number of amides is 1. The van der Waals surface area contributed by atoms with E-state index in [1.54, 1.807) is 6.92 Å². The summed E-state index contributed by atoms with van der Waals surface area (Å²) in [6.07, 6.45) is 0.749. The normalized spacial score (nSPS) is 9.74. The second-order valence-corrected chi connectivity index (χ2v) is 4.14. The third-order valence-corrected chi connectivity index (χ3v) is 2.69. The predicted octanol–water partition coefficient (Wildman–Crippen LogP) is 2.28. The largest absolute Gasteiger partial charge is 0.325 e. The van der Waals surface area contributed by atoms with E-state index in [1.807, 2.05) is 13.0 Å². The lowest BCUT2D eigenvalue weighted by atomic mass is 10.1. The Labute approximate surface area is 111 Å². The fourth-order valence-electron chi connectivity index (χ4n) is 1.78. The molecule has 1 rings (SSSR count). The van der Waals surface area contributed by atoms with Crippen LogP contribution >= 0.6 is 0 Å². The second kappa shape index (κ2) is 6.50. The number of carbonyl (C=O) groups excluding carboxylic acids is 1. The van der Waals surface area contributed by atoms with Crippen LogP contribution in [0.4, 0.5) is 5.69 Å². The van der Waals surface area contributed by atoms with E-state index in [1.165, 1.54) is 23.1 Å². The molecule has 6 nitrogen and oxygen atoms in total. The number of nitrogens with zero attached hydrogens (tertiary/aromatic N) is 3. The average Bonchev–Trinajstić information content (AvgIpc) is 2.37. The number of nitriles is 1. The first-order chi connectivity index (χ1) is 9.01. The number of hydrogen-bond acceptors (Lipinski definition) is 4. The van der Waals surface area contributed by atoms with Gasteiger partial charge < -0.3 is 4.90 Å². The highest BCUT2D eigenvalue weighted by molar-refractivity contribution is 5.96. The first-order valence-electron chi connectivity index (χ1n) is 5.92. The Balaban J connectivity index is 3.05. The zero-order valence-electron chi connectivity index (χ0n) is 10.9. The molecule has 0 fully saturated rings. The summed E-state index contributed by atoms with van der Waals surface area (Å²) in [7, 11) is 0. The summed E-state index contributed by atoms with van der Waals surface area (Å²) >= 11 is 0. The second-order valence-electron chi connectivity index (χ2n) is 4.14. The van der Waals surface area contributed by atoms with Gasteiger partial charge in [-0.15, -0.1) is 0 Å². The molecule has 0 saturated carbocycles. The van der Waals surface area contributed by atoms with Gasteiger partial charge in [-0.2, -0.15) is 5.26 Å². The van der Waals surface area contributed by atoms with Crippen LogP contribution in [-0.2, 0) is 0 Å². The molecule has 0 saturated heterocycles. The van der Waals surface area contributed by atoms with Crippen molar-refractivity contribution in [2.45, 2.75) is 20.3 Å². The molecule has 1 amide bonds. The van der Waals surface area contributed by atoms with E-state index in [2.05, 4.69) is 0 Å². The number of rotatable bonds is 5. The van der Waals surface area contributed by atoms with Gasteiger partial charge in [0.2, 0.25) is 0 Å². The molecule has 0 atom stereocenters. The minimum absolute atomic E-state index is 0.0170. The van der Waals surface area contributed by atoms with Gasteiger partial charge in [-0.1, -0.05) is 6.92 Å². The van der Waals surface area contributed by atoms with Crippen molar-refractivity contribution >= 4 is 11.6 Å². The van der Waals surface area contributed by atoms with Gasteiger partial charge in [-0.05, 0) is 25.0 Å². The number of hydrogen-bond donors (Lipinski definition) is 0. The lowest BCUT2D eigenvalue weighted by Gasteiger charge is -2.19. The summed E-state index contributed by atoms with van der Waals surface area (Å²) < 4.78 is 0. The fourth-order valence-corrected chi connectivity index (χ4v) is 1.78. The van der Waals surface area contributed by atoms with Gasteiger partial charge in [0, 0.05) is 24.2 Å². The molecule has 100 valence electrons. The molecule has 0 aliphatic heterocycles. The molecule has 0 aromatic heterocycles. The SMILES string of the molecule is CCCN(CC#N)C(=O)c1ccc([N+](=O)[O-])cc1C. The van der Waals surface area contributed by atoms with Crippen LogP contribution in [0.2, 0.25) is 0 Å². The van der Waals surface area contributed by atoms with Crippen molar-refractivity contribution in [2.75, 3.05) is 13.1 Å². The summed E-state index contributed by atoms with van der Waals surface area (Å²) in [4.78, 5) is 23.8. The van der Waals surface area contributed by atoms with Crippen LogP contribution in [0.1, 0.15) is 29.3 Å². The predicted molar refractivity (Wildman–Crippen MR) is 69.6 cm³/mol. The molecule has 0 N–H and O–H groups in total. The van der Waals surface area contributed by atoms with Crippen molar-refractivity contribution in [1.29, 1.82) is 5.26 Å². The van der Waals surface area contributed by atoms with Gasteiger partial charge >= 0.3 is 0 Å². The van der Waals surface area contributed by atoms with Crippen molar-refractivity contribution in [1.82, 2.24) is 4.90 Å². The van der Waals surface area contributed by atoms with E-state index >= 15 is 0 Å². The molecule has 0 aliphatic rings. The summed E-state index contributed by atoms with van der Waals surface area (Å²) in [5.74, 6) is -0.268. The van der Waals surface area contributed by atoms with Gasteiger partial charge in [0.15, 0.2) is 0 Å². The summed E-state index contributed by atoms with van der Waals surface area (Å²) in [6.45, 7) is 4.07. The number of nitro groups is 1. The summed E-state index contributed by atoms with van der Waals surface area (Å²) in [6, 6.07) is 6.06. The van der Waals surface area contributed by atoms with Gasteiger partial charge in [0.05, 0.1) is 11.0 Å². The topological polar surface area (TPSA) is 87.2 Å². The first kappa shape index (κ1) is 14.6. The fraction of sp³-hybridized carbons (Fsp3) is 0.385. The number of non-ortho nitro benzene ring substituents is 1. The van der Waals surface area contributed by atoms with Crippen LogP contribution in [0.3, 0.4) is 0 Å². The van der Waals surface area contributed by atoms with Crippen molar-refractivity contribution < 1.29 is 9.72 Å². The third kappa shape index (κ3) is 3.52. The molecule has 0 aliphatic carbocycles. The van der Waals surface area contributed by atoms with Crippen LogP contribution < -0.4 is 0 Å². The Morgan fingerprint density at radius 3 is 2.68 bits per heavy atom. The molecule has 0 spiro atoms. The van der Waals surface area contributed by atoms with E-state index in [0.29, 0.717) is 17.7 Å². The van der Waals surface area contributed by atoms with E-state index in [0.717, 1.165) is 6.42 Å². The van der Waals surface area contributed by atoms with E-state index < -0.39 is 4.92 Å². The molecule has 0 bridgehead atoms. The van der Waals surface area contributed by atoms with Gasteiger partial charge in [0.1, 0.15) is 6.54 Å². The van der Waals surface area contributed by atoms with Crippen molar-refractivity contribution in [3.8, 4) is 6.07 Å².